The zero-order valence-corrected chi connectivity index (χ0v) is 10.5. The van der Waals surface area contributed by atoms with Gasteiger partial charge in [0.05, 0.1) is 11.4 Å². The Bertz CT molecular complexity index is 648. The molecular formula is C13H14N4O2. The topological polar surface area (TPSA) is 93.0 Å². The third kappa shape index (κ3) is 1.96. The lowest BCUT2D eigenvalue weighted by molar-refractivity contribution is -0.118. The number of hydrogen-bond acceptors (Lipinski definition) is 4. The number of nitrogens with zero attached hydrogens (tertiary/aromatic N) is 1. The fourth-order valence-corrected chi connectivity index (χ4v) is 2.17. The van der Waals surface area contributed by atoms with E-state index in [0.29, 0.717) is 18.0 Å². The Hall–Kier alpha value is -2.34. The Morgan fingerprint density at radius 3 is 3.11 bits per heavy atom. The van der Waals surface area contributed by atoms with E-state index in [2.05, 4.69) is 15.5 Å². The maximum absolute atomic E-state index is 11.3. The zero-order chi connectivity index (χ0) is 13.4. The lowest BCUT2D eigenvalue weighted by Gasteiger charge is -2.18. The van der Waals surface area contributed by atoms with Crippen molar-refractivity contribution >= 4 is 11.6 Å². The van der Waals surface area contributed by atoms with Crippen molar-refractivity contribution in [2.45, 2.75) is 13.5 Å². The van der Waals surface area contributed by atoms with E-state index in [-0.39, 0.29) is 12.5 Å². The van der Waals surface area contributed by atoms with Gasteiger partial charge in [0.15, 0.2) is 6.61 Å². The molecule has 1 aromatic heterocycles. The fraction of sp³-hybridized carbons (Fsp3) is 0.231. The van der Waals surface area contributed by atoms with Crippen LogP contribution in [0.2, 0.25) is 0 Å². The number of nitrogens with one attached hydrogen (secondary N) is 2. The van der Waals surface area contributed by atoms with Crippen molar-refractivity contribution < 1.29 is 9.53 Å². The van der Waals surface area contributed by atoms with Crippen LogP contribution in [-0.2, 0) is 11.3 Å². The van der Waals surface area contributed by atoms with Crippen LogP contribution in [-0.4, -0.2) is 22.7 Å². The maximum atomic E-state index is 11.3. The number of aryl methyl sites for hydroxylation is 1. The summed E-state index contributed by atoms with van der Waals surface area (Å²) in [4.78, 5) is 11.3. The molecule has 0 aliphatic carbocycles. The average molecular weight is 258 g/mol. The van der Waals surface area contributed by atoms with E-state index >= 15 is 0 Å². The van der Waals surface area contributed by atoms with Gasteiger partial charge in [-0.1, -0.05) is 0 Å². The van der Waals surface area contributed by atoms with Crippen molar-refractivity contribution in [1.82, 2.24) is 10.2 Å². The molecule has 1 amide bonds. The molecule has 3 rings (SSSR count). The number of nitrogens with two attached hydrogens (primary N) is 1. The summed E-state index contributed by atoms with van der Waals surface area (Å²) in [7, 11) is 0. The van der Waals surface area contributed by atoms with Crippen molar-refractivity contribution in [2.24, 2.45) is 5.73 Å². The second kappa shape index (κ2) is 4.40. The zero-order valence-electron chi connectivity index (χ0n) is 10.5. The van der Waals surface area contributed by atoms with Gasteiger partial charge >= 0.3 is 0 Å². The van der Waals surface area contributed by atoms with Gasteiger partial charge in [0, 0.05) is 23.4 Å². The first-order chi connectivity index (χ1) is 9.19. The predicted molar refractivity (Wildman–Crippen MR) is 70.8 cm³/mol. The number of aromatic amines is 1. The highest BCUT2D eigenvalue weighted by Gasteiger charge is 2.18. The van der Waals surface area contributed by atoms with Gasteiger partial charge in [-0.05, 0) is 25.1 Å². The second-order valence-electron chi connectivity index (χ2n) is 4.43. The summed E-state index contributed by atoms with van der Waals surface area (Å²) in [6, 6.07) is 5.58. The minimum Gasteiger partial charge on any atom is -0.482 e. The molecule has 0 saturated carbocycles. The number of benzene rings is 1. The SMILES string of the molecule is Cc1[nH]nc(-c2ccc3c(c2)NC(=O)CO3)c1CN. The Morgan fingerprint density at radius 2 is 2.32 bits per heavy atom. The summed E-state index contributed by atoms with van der Waals surface area (Å²) in [6.07, 6.45) is 0. The molecular weight excluding hydrogens is 244 g/mol. The number of ether oxygens (including phenoxy) is 1. The van der Waals surface area contributed by atoms with Gasteiger partial charge in [-0.15, -0.1) is 0 Å². The Kier molecular flexibility index (Phi) is 2.72. The van der Waals surface area contributed by atoms with Crippen molar-refractivity contribution in [2.75, 3.05) is 11.9 Å². The van der Waals surface area contributed by atoms with Crippen molar-refractivity contribution in [3.05, 3.63) is 29.5 Å². The van der Waals surface area contributed by atoms with Gasteiger partial charge in [-0.2, -0.15) is 5.10 Å². The van der Waals surface area contributed by atoms with Crippen LogP contribution in [0.25, 0.3) is 11.3 Å². The van der Waals surface area contributed by atoms with Gasteiger partial charge in [0.1, 0.15) is 5.75 Å². The lowest BCUT2D eigenvalue weighted by atomic mass is 10.0. The molecule has 2 heterocycles. The Morgan fingerprint density at radius 1 is 1.47 bits per heavy atom. The highest BCUT2D eigenvalue weighted by Crippen LogP contribution is 2.33. The molecule has 1 aliphatic heterocycles. The smallest absolute Gasteiger partial charge is 0.262 e. The van der Waals surface area contributed by atoms with Crippen molar-refractivity contribution in [3.63, 3.8) is 0 Å². The number of fused-ring (bicyclic) bond motifs is 1. The van der Waals surface area contributed by atoms with Gasteiger partial charge in [0.2, 0.25) is 0 Å². The predicted octanol–water partition coefficient (Wildman–Crippen LogP) is 1.17. The van der Waals surface area contributed by atoms with E-state index in [1.165, 1.54) is 0 Å². The van der Waals surface area contributed by atoms with E-state index in [4.69, 9.17) is 10.5 Å². The van der Waals surface area contributed by atoms with Crippen LogP contribution in [0.5, 0.6) is 5.75 Å². The number of carbonyl (C=O) groups excluding carboxylic acids is 1. The normalized spacial score (nSPS) is 13.7. The summed E-state index contributed by atoms with van der Waals surface area (Å²) in [6.45, 7) is 2.40. The lowest BCUT2D eigenvalue weighted by Crippen LogP contribution is -2.25. The van der Waals surface area contributed by atoms with Gasteiger partial charge in [-0.25, -0.2) is 0 Å². The van der Waals surface area contributed by atoms with Gasteiger partial charge < -0.3 is 15.8 Å². The highest BCUT2D eigenvalue weighted by molar-refractivity contribution is 5.96. The summed E-state index contributed by atoms with van der Waals surface area (Å²) in [5.41, 5.74) is 10.0. The standard InChI is InChI=1S/C13H14N4O2/c1-7-9(5-14)13(17-16-7)8-2-3-11-10(4-8)15-12(18)6-19-11/h2-4H,5-6,14H2,1H3,(H,15,18)(H,16,17). The summed E-state index contributed by atoms with van der Waals surface area (Å²) in [5.74, 6) is 0.520. The minimum absolute atomic E-state index is 0.0574. The number of rotatable bonds is 2. The van der Waals surface area contributed by atoms with Crippen molar-refractivity contribution in [1.29, 1.82) is 0 Å². The van der Waals surface area contributed by atoms with Crippen LogP contribution >= 0.6 is 0 Å². The molecule has 0 radical (unpaired) electrons. The number of carbonyl (C=O) groups is 1. The van der Waals surface area contributed by atoms with Crippen LogP contribution in [0.3, 0.4) is 0 Å². The summed E-state index contributed by atoms with van der Waals surface area (Å²) < 4.78 is 5.32. The molecule has 2 aromatic rings. The highest BCUT2D eigenvalue weighted by atomic mass is 16.5. The third-order valence-electron chi connectivity index (χ3n) is 3.16. The van der Waals surface area contributed by atoms with Crippen LogP contribution in [0.15, 0.2) is 18.2 Å². The average Bonchev–Trinajstić information content (AvgIpc) is 2.79. The molecule has 0 fully saturated rings. The summed E-state index contributed by atoms with van der Waals surface area (Å²) >= 11 is 0. The molecule has 6 heteroatoms. The van der Waals surface area contributed by atoms with Gasteiger partial charge in [-0.3, -0.25) is 9.89 Å². The molecule has 0 unspecified atom stereocenters. The largest absolute Gasteiger partial charge is 0.482 e. The minimum atomic E-state index is -0.151. The second-order valence-corrected chi connectivity index (χ2v) is 4.43. The first kappa shape index (κ1) is 11.7. The number of aromatic nitrogens is 2. The molecule has 1 aliphatic rings. The van der Waals surface area contributed by atoms with Crippen LogP contribution < -0.4 is 15.8 Å². The van der Waals surface area contributed by atoms with Crippen molar-refractivity contribution in [3.8, 4) is 17.0 Å². The monoisotopic (exact) mass is 258 g/mol. The van der Waals surface area contributed by atoms with Crippen LogP contribution in [0.1, 0.15) is 11.3 Å². The first-order valence-electron chi connectivity index (χ1n) is 6.00. The quantitative estimate of drug-likeness (QED) is 0.754. The summed E-state index contributed by atoms with van der Waals surface area (Å²) in [5, 5.41) is 9.97. The van der Waals surface area contributed by atoms with Crippen LogP contribution in [0, 0.1) is 6.92 Å². The number of anilines is 1. The Balaban J connectivity index is 2.06. The molecule has 4 N–H and O–H groups in total. The molecule has 0 spiro atoms. The van der Waals surface area contributed by atoms with E-state index < -0.39 is 0 Å². The fourth-order valence-electron chi connectivity index (χ4n) is 2.17. The molecule has 98 valence electrons. The maximum Gasteiger partial charge on any atom is 0.262 e. The number of amides is 1. The Labute approximate surface area is 110 Å². The van der Waals surface area contributed by atoms with E-state index in [9.17, 15) is 4.79 Å². The van der Waals surface area contributed by atoms with Gasteiger partial charge in [0.25, 0.3) is 5.91 Å². The van der Waals surface area contributed by atoms with Crippen LogP contribution in [0.4, 0.5) is 5.69 Å². The number of hydrogen-bond donors (Lipinski definition) is 3. The van der Waals surface area contributed by atoms with E-state index in [1.807, 2.05) is 25.1 Å². The third-order valence-corrected chi connectivity index (χ3v) is 3.16. The van der Waals surface area contributed by atoms with E-state index in [0.717, 1.165) is 22.5 Å². The van der Waals surface area contributed by atoms with E-state index in [1.54, 1.807) is 0 Å². The molecule has 6 nitrogen and oxygen atoms in total. The molecule has 0 bridgehead atoms. The molecule has 0 saturated heterocycles. The molecule has 0 atom stereocenters. The molecule has 1 aromatic carbocycles. The number of H-pyrrole nitrogens is 1. The molecule has 19 heavy (non-hydrogen) atoms. The first-order valence-corrected chi connectivity index (χ1v) is 6.00.